The number of nitrogens with two attached hydrogens (primary N) is 1. The highest BCUT2D eigenvalue weighted by Gasteiger charge is 2.19. The number of amidine groups is 1. The van der Waals surface area contributed by atoms with Gasteiger partial charge in [0.2, 0.25) is 0 Å². The minimum absolute atomic E-state index is 0. The lowest BCUT2D eigenvalue weighted by Crippen LogP contribution is -2.36. The Labute approximate surface area is 114 Å². The maximum atomic E-state index is 7.52. The molecule has 5 heteroatoms. The largest absolute Gasteiger partial charge is 0.490 e. The highest BCUT2D eigenvalue weighted by molar-refractivity contribution is 5.97. The van der Waals surface area contributed by atoms with E-state index in [1.54, 1.807) is 0 Å². The summed E-state index contributed by atoms with van der Waals surface area (Å²) in [6, 6.07) is 7.50. The fourth-order valence-corrected chi connectivity index (χ4v) is 2.07. The molecular formula is C13H20ClN3O. The van der Waals surface area contributed by atoms with Crippen molar-refractivity contribution in [1.29, 1.82) is 5.41 Å². The number of piperidine rings is 1. The summed E-state index contributed by atoms with van der Waals surface area (Å²) in [6.45, 7) is 2.12. The van der Waals surface area contributed by atoms with E-state index in [0.717, 1.165) is 31.7 Å². The molecule has 0 amide bonds. The molecule has 0 bridgehead atoms. The summed E-state index contributed by atoms with van der Waals surface area (Å²) in [4.78, 5) is 2.30. The molecule has 1 aromatic rings. The number of hydrogen-bond donors (Lipinski definition) is 2. The van der Waals surface area contributed by atoms with E-state index < -0.39 is 0 Å². The maximum absolute atomic E-state index is 7.52. The summed E-state index contributed by atoms with van der Waals surface area (Å²) in [5.74, 6) is 0.795. The van der Waals surface area contributed by atoms with Gasteiger partial charge in [0.25, 0.3) is 0 Å². The van der Waals surface area contributed by atoms with Gasteiger partial charge in [0.05, 0.1) is 5.56 Å². The van der Waals surface area contributed by atoms with Gasteiger partial charge in [-0.1, -0.05) is 12.1 Å². The second-order valence-corrected chi connectivity index (χ2v) is 4.53. The first kappa shape index (κ1) is 14.8. The highest BCUT2D eigenvalue weighted by Crippen LogP contribution is 2.22. The molecule has 2 rings (SSSR count). The van der Waals surface area contributed by atoms with Gasteiger partial charge < -0.3 is 15.4 Å². The fourth-order valence-electron chi connectivity index (χ4n) is 2.07. The van der Waals surface area contributed by atoms with Gasteiger partial charge in [-0.25, -0.2) is 0 Å². The van der Waals surface area contributed by atoms with Crippen LogP contribution in [-0.4, -0.2) is 37.0 Å². The Morgan fingerprint density at radius 1 is 1.33 bits per heavy atom. The number of nitrogens with zero attached hydrogens (tertiary/aromatic N) is 1. The van der Waals surface area contributed by atoms with Crippen molar-refractivity contribution in [3.8, 4) is 5.75 Å². The van der Waals surface area contributed by atoms with E-state index in [1.807, 2.05) is 24.3 Å². The third-order valence-corrected chi connectivity index (χ3v) is 3.14. The predicted molar refractivity (Wildman–Crippen MR) is 75.9 cm³/mol. The third kappa shape index (κ3) is 3.62. The van der Waals surface area contributed by atoms with E-state index in [0.29, 0.717) is 5.56 Å². The molecule has 4 nitrogen and oxygen atoms in total. The Kier molecular flexibility index (Phi) is 5.44. The summed E-state index contributed by atoms with van der Waals surface area (Å²) in [5, 5.41) is 7.52. The lowest BCUT2D eigenvalue weighted by Gasteiger charge is -2.29. The Bertz CT molecular complexity index is 403. The van der Waals surface area contributed by atoms with Crippen LogP contribution in [0.4, 0.5) is 0 Å². The molecule has 1 fully saturated rings. The van der Waals surface area contributed by atoms with E-state index in [2.05, 4.69) is 11.9 Å². The molecule has 0 aromatic heterocycles. The standard InChI is InChI=1S/C13H19N3O.ClH/c1-16-8-6-10(7-9-16)17-12-5-3-2-4-11(12)13(14)15;/h2-5,10H,6-9H2,1H3,(H3,14,15);1H. The molecule has 1 saturated heterocycles. The average molecular weight is 270 g/mol. The highest BCUT2D eigenvalue weighted by atomic mass is 35.5. The molecule has 0 atom stereocenters. The van der Waals surface area contributed by atoms with Crippen molar-refractivity contribution in [2.24, 2.45) is 5.73 Å². The minimum atomic E-state index is 0. The van der Waals surface area contributed by atoms with Gasteiger partial charge in [0.15, 0.2) is 0 Å². The topological polar surface area (TPSA) is 62.3 Å². The van der Waals surface area contributed by atoms with Crippen LogP contribution in [0.25, 0.3) is 0 Å². The Morgan fingerprint density at radius 3 is 2.56 bits per heavy atom. The number of nitrogen functional groups attached to an aromatic ring is 1. The monoisotopic (exact) mass is 269 g/mol. The normalized spacial score (nSPS) is 16.9. The predicted octanol–water partition coefficient (Wildman–Crippen LogP) is 1.87. The number of hydrogen-bond acceptors (Lipinski definition) is 3. The van der Waals surface area contributed by atoms with Crippen LogP contribution in [0.1, 0.15) is 18.4 Å². The number of likely N-dealkylation sites (tertiary alicyclic amines) is 1. The summed E-state index contributed by atoms with van der Waals surface area (Å²) in [5.41, 5.74) is 6.22. The lowest BCUT2D eigenvalue weighted by atomic mass is 10.1. The Morgan fingerprint density at radius 2 is 1.94 bits per heavy atom. The smallest absolute Gasteiger partial charge is 0.130 e. The summed E-state index contributed by atoms with van der Waals surface area (Å²) in [6.07, 6.45) is 2.30. The molecule has 1 aliphatic heterocycles. The zero-order chi connectivity index (χ0) is 12.3. The van der Waals surface area contributed by atoms with Crippen molar-refractivity contribution in [2.75, 3.05) is 20.1 Å². The van der Waals surface area contributed by atoms with Gasteiger partial charge in [-0.3, -0.25) is 5.41 Å². The molecule has 100 valence electrons. The zero-order valence-electron chi connectivity index (χ0n) is 10.6. The molecule has 0 unspecified atom stereocenters. The van der Waals surface area contributed by atoms with Gasteiger partial charge in [-0.05, 0) is 32.0 Å². The average Bonchev–Trinajstić information content (AvgIpc) is 2.32. The van der Waals surface area contributed by atoms with Crippen molar-refractivity contribution in [3.05, 3.63) is 29.8 Å². The number of rotatable bonds is 3. The van der Waals surface area contributed by atoms with Crippen LogP contribution in [0, 0.1) is 5.41 Å². The second kappa shape index (κ2) is 6.61. The van der Waals surface area contributed by atoms with Gasteiger partial charge in [-0.15, -0.1) is 12.4 Å². The van der Waals surface area contributed by atoms with E-state index in [-0.39, 0.29) is 24.3 Å². The zero-order valence-corrected chi connectivity index (χ0v) is 11.4. The van der Waals surface area contributed by atoms with Crippen molar-refractivity contribution in [1.82, 2.24) is 4.90 Å². The molecule has 0 aliphatic carbocycles. The van der Waals surface area contributed by atoms with Crippen molar-refractivity contribution < 1.29 is 4.74 Å². The van der Waals surface area contributed by atoms with E-state index in [1.165, 1.54) is 0 Å². The molecule has 1 aliphatic rings. The SMILES string of the molecule is CN1CCC(Oc2ccccc2C(=N)N)CC1.Cl. The van der Waals surface area contributed by atoms with E-state index in [4.69, 9.17) is 15.9 Å². The third-order valence-electron chi connectivity index (χ3n) is 3.14. The minimum Gasteiger partial charge on any atom is -0.490 e. The molecule has 1 aromatic carbocycles. The first-order valence-corrected chi connectivity index (χ1v) is 5.95. The van der Waals surface area contributed by atoms with Gasteiger partial charge >= 0.3 is 0 Å². The van der Waals surface area contributed by atoms with Crippen molar-refractivity contribution in [3.63, 3.8) is 0 Å². The summed E-state index contributed by atoms with van der Waals surface area (Å²) in [7, 11) is 2.12. The van der Waals surface area contributed by atoms with Crippen LogP contribution >= 0.6 is 12.4 Å². The molecular weight excluding hydrogens is 250 g/mol. The van der Waals surface area contributed by atoms with Crippen LogP contribution in [0.15, 0.2) is 24.3 Å². The van der Waals surface area contributed by atoms with Crippen molar-refractivity contribution >= 4 is 18.2 Å². The first-order chi connectivity index (χ1) is 8.16. The number of para-hydroxylation sites is 1. The lowest BCUT2D eigenvalue weighted by molar-refractivity contribution is 0.114. The summed E-state index contributed by atoms with van der Waals surface area (Å²) >= 11 is 0. The number of benzene rings is 1. The van der Waals surface area contributed by atoms with E-state index in [9.17, 15) is 0 Å². The first-order valence-electron chi connectivity index (χ1n) is 5.95. The molecule has 0 radical (unpaired) electrons. The molecule has 18 heavy (non-hydrogen) atoms. The Balaban J connectivity index is 0.00000162. The van der Waals surface area contributed by atoms with Gasteiger partial charge in [0.1, 0.15) is 17.7 Å². The fraction of sp³-hybridized carbons (Fsp3) is 0.462. The summed E-state index contributed by atoms with van der Waals surface area (Å²) < 4.78 is 5.95. The van der Waals surface area contributed by atoms with Crippen LogP contribution in [0.5, 0.6) is 5.75 Å². The Hall–Kier alpha value is -1.26. The number of nitrogens with one attached hydrogen (secondary N) is 1. The van der Waals surface area contributed by atoms with Crippen LogP contribution in [0.2, 0.25) is 0 Å². The molecule has 0 saturated carbocycles. The van der Waals surface area contributed by atoms with Gasteiger partial charge in [0, 0.05) is 13.1 Å². The maximum Gasteiger partial charge on any atom is 0.130 e. The second-order valence-electron chi connectivity index (χ2n) is 4.53. The quantitative estimate of drug-likeness (QED) is 0.650. The molecule has 1 heterocycles. The van der Waals surface area contributed by atoms with Gasteiger partial charge in [-0.2, -0.15) is 0 Å². The van der Waals surface area contributed by atoms with Crippen LogP contribution in [-0.2, 0) is 0 Å². The van der Waals surface area contributed by atoms with Crippen molar-refractivity contribution in [2.45, 2.75) is 18.9 Å². The number of halogens is 1. The number of ether oxygens (including phenoxy) is 1. The van der Waals surface area contributed by atoms with E-state index >= 15 is 0 Å². The molecule has 3 N–H and O–H groups in total. The van der Waals surface area contributed by atoms with Crippen LogP contribution < -0.4 is 10.5 Å². The van der Waals surface area contributed by atoms with Crippen LogP contribution in [0.3, 0.4) is 0 Å². The molecule has 0 spiro atoms.